The first kappa shape index (κ1) is 20.9. The summed E-state index contributed by atoms with van der Waals surface area (Å²) in [4.78, 5) is 4.92. The Kier molecular flexibility index (Phi) is 4.97. The van der Waals surface area contributed by atoms with Crippen molar-refractivity contribution in [2.75, 3.05) is 37.9 Å². The highest BCUT2D eigenvalue weighted by Crippen LogP contribution is 2.66. The van der Waals surface area contributed by atoms with Crippen LogP contribution in [0.25, 0.3) is 0 Å². The fraction of sp³-hybridized carbons (Fsp3) is 0.750. The second kappa shape index (κ2) is 7.39. The van der Waals surface area contributed by atoms with Crippen molar-refractivity contribution < 1.29 is 14.9 Å². The molecule has 7 heteroatoms. The quantitative estimate of drug-likeness (QED) is 0.604. The Labute approximate surface area is 194 Å². The Morgan fingerprint density at radius 2 is 1.90 bits per heavy atom. The van der Waals surface area contributed by atoms with Crippen LogP contribution in [-0.4, -0.2) is 81.7 Å². The van der Waals surface area contributed by atoms with E-state index in [1.165, 1.54) is 18.4 Å². The lowest BCUT2D eigenvalue weighted by molar-refractivity contribution is -0.200. The Balaban J connectivity index is 1.47. The molecule has 31 heavy (non-hydrogen) atoms. The highest BCUT2D eigenvalue weighted by atomic mass is 35.5. The summed E-state index contributed by atoms with van der Waals surface area (Å²) in [5.74, 6) is 2.68. The molecule has 2 heterocycles. The molecule has 6 rings (SSSR count). The molecule has 1 saturated heterocycles. The molecule has 170 valence electrons. The molecule has 5 atom stereocenters. The Morgan fingerprint density at radius 3 is 2.61 bits per heavy atom. The molecule has 3 aliphatic carbocycles. The minimum Gasteiger partial charge on any atom is -0.504 e. The van der Waals surface area contributed by atoms with Crippen molar-refractivity contribution in [2.24, 2.45) is 5.92 Å². The maximum absolute atomic E-state index is 12.5. The molecule has 5 nitrogen and oxygen atoms in total. The number of phenolic OH excluding ortho intramolecular Hbond substituents is 1. The maximum Gasteiger partial charge on any atom is 0.165 e. The second-order valence-electron chi connectivity index (χ2n) is 10.3. The molecule has 0 amide bonds. The van der Waals surface area contributed by atoms with E-state index in [4.69, 9.17) is 27.9 Å². The molecule has 3 fully saturated rings. The maximum atomic E-state index is 12.5. The van der Waals surface area contributed by atoms with Gasteiger partial charge in [-0.2, -0.15) is 0 Å². The van der Waals surface area contributed by atoms with Gasteiger partial charge in [-0.1, -0.05) is 6.07 Å². The van der Waals surface area contributed by atoms with E-state index in [1.54, 1.807) is 6.07 Å². The first-order chi connectivity index (χ1) is 15.0. The highest BCUT2D eigenvalue weighted by molar-refractivity contribution is 6.18. The van der Waals surface area contributed by atoms with Crippen LogP contribution in [-0.2, 0) is 11.8 Å². The zero-order chi connectivity index (χ0) is 21.4. The van der Waals surface area contributed by atoms with Gasteiger partial charge in [0.15, 0.2) is 11.5 Å². The van der Waals surface area contributed by atoms with Gasteiger partial charge < -0.3 is 14.9 Å². The van der Waals surface area contributed by atoms with Crippen molar-refractivity contribution in [3.63, 3.8) is 0 Å². The fourth-order valence-corrected chi connectivity index (χ4v) is 7.92. The van der Waals surface area contributed by atoms with Gasteiger partial charge in [-0.3, -0.25) is 9.80 Å². The number of ether oxygens (including phenoxy) is 1. The number of alkyl halides is 2. The van der Waals surface area contributed by atoms with E-state index >= 15 is 0 Å². The molecular weight excluding hydrogens is 435 g/mol. The van der Waals surface area contributed by atoms with Crippen molar-refractivity contribution in [1.29, 1.82) is 0 Å². The minimum absolute atomic E-state index is 0.117. The van der Waals surface area contributed by atoms with Crippen molar-refractivity contribution in [2.45, 2.75) is 67.7 Å². The second-order valence-corrected chi connectivity index (χ2v) is 11.1. The van der Waals surface area contributed by atoms with Gasteiger partial charge in [-0.25, -0.2) is 0 Å². The van der Waals surface area contributed by atoms with Gasteiger partial charge in [0.25, 0.3) is 0 Å². The third-order valence-electron chi connectivity index (χ3n) is 8.94. The van der Waals surface area contributed by atoms with E-state index in [-0.39, 0.29) is 23.9 Å². The number of aliphatic hydroxyl groups is 1. The largest absolute Gasteiger partial charge is 0.504 e. The normalized spacial score (nSPS) is 38.3. The molecule has 2 aliphatic heterocycles. The standard InChI is InChI=1S/C24H32Cl2N2O3/c25-8-11-27(12-9-26)17-5-6-24(30)19-13-16-3-4-18(29)21-20(16)23(24,22(17)31-21)7-10-28(19)14-15-1-2-15/h3-4,15,17,19,22,29-30H,1-2,5-14H2. The predicted molar refractivity (Wildman–Crippen MR) is 122 cm³/mol. The zero-order valence-electron chi connectivity index (χ0n) is 17.9. The number of rotatable bonds is 7. The van der Waals surface area contributed by atoms with Crippen LogP contribution in [0.15, 0.2) is 12.1 Å². The van der Waals surface area contributed by atoms with E-state index in [2.05, 4.69) is 15.9 Å². The van der Waals surface area contributed by atoms with Crippen molar-refractivity contribution in [3.05, 3.63) is 23.3 Å². The lowest BCUT2D eigenvalue weighted by atomic mass is 9.48. The topological polar surface area (TPSA) is 56.2 Å². The van der Waals surface area contributed by atoms with Crippen LogP contribution in [0.2, 0.25) is 0 Å². The van der Waals surface area contributed by atoms with Crippen LogP contribution >= 0.6 is 23.2 Å². The molecule has 2 N–H and O–H groups in total. The molecular formula is C24H32Cl2N2O3. The summed E-state index contributed by atoms with van der Waals surface area (Å²) in [6.45, 7) is 3.58. The summed E-state index contributed by atoms with van der Waals surface area (Å²) in [6.07, 6.45) is 5.76. The van der Waals surface area contributed by atoms with Crippen LogP contribution in [0.4, 0.5) is 0 Å². The van der Waals surface area contributed by atoms with E-state index < -0.39 is 11.0 Å². The third-order valence-corrected chi connectivity index (χ3v) is 9.28. The SMILES string of the molecule is Oc1ccc2c3c1OC1C(N(CCCl)CCCl)CCC4(O)C(C2)N(CC2CC2)CCC314. The summed E-state index contributed by atoms with van der Waals surface area (Å²) in [6, 6.07) is 4.09. The van der Waals surface area contributed by atoms with Gasteiger partial charge in [-0.05, 0) is 62.6 Å². The minimum atomic E-state index is -0.832. The van der Waals surface area contributed by atoms with Gasteiger partial charge in [0.05, 0.1) is 11.0 Å². The molecule has 0 aromatic heterocycles. The van der Waals surface area contributed by atoms with Gasteiger partial charge in [0.1, 0.15) is 6.10 Å². The number of nitrogens with zero attached hydrogens (tertiary/aromatic N) is 2. The predicted octanol–water partition coefficient (Wildman–Crippen LogP) is 3.10. The summed E-state index contributed by atoms with van der Waals surface area (Å²) >= 11 is 12.3. The summed E-state index contributed by atoms with van der Waals surface area (Å²) in [5.41, 5.74) is 1.02. The monoisotopic (exact) mass is 466 g/mol. The molecule has 5 unspecified atom stereocenters. The Bertz CT molecular complexity index is 875. The number of phenols is 1. The smallest absolute Gasteiger partial charge is 0.165 e. The molecule has 1 aromatic rings. The summed E-state index contributed by atoms with van der Waals surface area (Å²) in [5, 5.41) is 23.2. The third kappa shape index (κ3) is 2.80. The summed E-state index contributed by atoms with van der Waals surface area (Å²) in [7, 11) is 0. The van der Waals surface area contributed by atoms with Crippen molar-refractivity contribution in [1.82, 2.24) is 9.80 Å². The highest BCUT2D eigenvalue weighted by Gasteiger charge is 2.73. The number of hydrogen-bond acceptors (Lipinski definition) is 5. The molecule has 5 aliphatic rings. The first-order valence-electron chi connectivity index (χ1n) is 11.9. The number of piperidine rings is 1. The van der Waals surface area contributed by atoms with Gasteiger partial charge in [0, 0.05) is 49.0 Å². The number of hydrogen-bond donors (Lipinski definition) is 2. The van der Waals surface area contributed by atoms with Crippen LogP contribution in [0.3, 0.4) is 0 Å². The fourth-order valence-electron chi connectivity index (χ4n) is 7.49. The van der Waals surface area contributed by atoms with Crippen LogP contribution in [0.5, 0.6) is 11.5 Å². The van der Waals surface area contributed by atoms with Crippen LogP contribution in [0.1, 0.15) is 43.2 Å². The average molecular weight is 467 g/mol. The van der Waals surface area contributed by atoms with E-state index in [1.807, 2.05) is 0 Å². The molecule has 1 aromatic carbocycles. The van der Waals surface area contributed by atoms with Gasteiger partial charge >= 0.3 is 0 Å². The van der Waals surface area contributed by atoms with E-state index in [0.29, 0.717) is 17.5 Å². The number of aromatic hydroxyl groups is 1. The van der Waals surface area contributed by atoms with Crippen LogP contribution < -0.4 is 4.74 Å². The molecule has 0 radical (unpaired) electrons. The number of halogens is 2. The Hall–Kier alpha value is -0.720. The summed E-state index contributed by atoms with van der Waals surface area (Å²) < 4.78 is 6.63. The van der Waals surface area contributed by atoms with E-state index in [9.17, 15) is 10.2 Å². The molecule has 2 saturated carbocycles. The lowest BCUT2D eigenvalue weighted by Crippen LogP contribution is -2.78. The van der Waals surface area contributed by atoms with Gasteiger partial charge in [0.2, 0.25) is 0 Å². The molecule has 2 bridgehead atoms. The zero-order valence-corrected chi connectivity index (χ0v) is 19.4. The first-order valence-corrected chi connectivity index (χ1v) is 12.9. The van der Waals surface area contributed by atoms with Crippen molar-refractivity contribution in [3.8, 4) is 11.5 Å². The average Bonchev–Trinajstić information content (AvgIpc) is 3.49. The van der Waals surface area contributed by atoms with Crippen molar-refractivity contribution >= 4 is 23.2 Å². The van der Waals surface area contributed by atoms with E-state index in [0.717, 1.165) is 63.3 Å². The van der Waals surface area contributed by atoms with Crippen LogP contribution in [0, 0.1) is 5.92 Å². The lowest BCUT2D eigenvalue weighted by Gasteiger charge is -2.65. The Morgan fingerprint density at radius 1 is 1.13 bits per heavy atom. The van der Waals surface area contributed by atoms with Gasteiger partial charge in [-0.15, -0.1) is 23.2 Å². The number of likely N-dealkylation sites (tertiary alicyclic amines) is 1. The molecule has 1 spiro atoms. The number of benzene rings is 1.